The lowest BCUT2D eigenvalue weighted by atomic mass is 10.1. The van der Waals surface area contributed by atoms with Gasteiger partial charge in [-0.25, -0.2) is 0 Å². The van der Waals surface area contributed by atoms with Gasteiger partial charge in [0.05, 0.1) is 12.2 Å². The third-order valence-corrected chi connectivity index (χ3v) is 3.66. The van der Waals surface area contributed by atoms with Gasteiger partial charge >= 0.3 is 0 Å². The molecule has 0 aliphatic rings. The van der Waals surface area contributed by atoms with Gasteiger partial charge in [0.1, 0.15) is 0 Å². The van der Waals surface area contributed by atoms with Gasteiger partial charge in [-0.3, -0.25) is 0 Å². The third-order valence-electron chi connectivity index (χ3n) is 3.66. The predicted octanol–water partition coefficient (Wildman–Crippen LogP) is 3.56. The average Bonchev–Trinajstić information content (AvgIpc) is 2.45. The van der Waals surface area contributed by atoms with E-state index in [1.54, 1.807) is 7.11 Å². The molecule has 3 heteroatoms. The predicted molar refractivity (Wildman–Crippen MR) is 88.6 cm³/mol. The highest BCUT2D eigenvalue weighted by Gasteiger charge is 2.15. The van der Waals surface area contributed by atoms with Crippen molar-refractivity contribution in [2.75, 3.05) is 20.3 Å². The van der Waals surface area contributed by atoms with Crippen LogP contribution in [0.3, 0.4) is 0 Å². The molecule has 1 aromatic rings. The first-order valence-corrected chi connectivity index (χ1v) is 7.87. The Morgan fingerprint density at radius 2 is 1.71 bits per heavy atom. The molecule has 0 saturated carbocycles. The van der Waals surface area contributed by atoms with Crippen LogP contribution in [0.4, 0.5) is 0 Å². The SMILES string of the molecule is COC(C)(C)CCOCc1ccc(CCNC(C)C)cc1. The summed E-state index contributed by atoms with van der Waals surface area (Å²) in [6, 6.07) is 9.26. The highest BCUT2D eigenvalue weighted by atomic mass is 16.5. The van der Waals surface area contributed by atoms with Crippen molar-refractivity contribution in [3.63, 3.8) is 0 Å². The standard InChI is InChI=1S/C18H31NO2/c1-15(2)19-12-10-16-6-8-17(9-7-16)14-21-13-11-18(3,4)20-5/h6-9,15,19H,10-14H2,1-5H3. The molecule has 1 rings (SSSR count). The Bertz CT molecular complexity index is 385. The summed E-state index contributed by atoms with van der Waals surface area (Å²) >= 11 is 0. The summed E-state index contributed by atoms with van der Waals surface area (Å²) in [4.78, 5) is 0. The maximum atomic E-state index is 5.72. The lowest BCUT2D eigenvalue weighted by molar-refractivity contribution is -0.0124. The number of rotatable bonds is 10. The van der Waals surface area contributed by atoms with Crippen molar-refractivity contribution in [1.29, 1.82) is 0 Å². The Labute approximate surface area is 130 Å². The molecule has 0 unspecified atom stereocenters. The highest BCUT2D eigenvalue weighted by molar-refractivity contribution is 5.22. The Balaban J connectivity index is 2.25. The minimum atomic E-state index is -0.104. The monoisotopic (exact) mass is 293 g/mol. The molecule has 0 aromatic heterocycles. The van der Waals surface area contributed by atoms with Crippen LogP contribution in [-0.2, 0) is 22.5 Å². The van der Waals surface area contributed by atoms with Crippen LogP contribution in [0.1, 0.15) is 45.2 Å². The van der Waals surface area contributed by atoms with Crippen LogP contribution >= 0.6 is 0 Å². The van der Waals surface area contributed by atoms with Crippen LogP contribution in [0.5, 0.6) is 0 Å². The summed E-state index contributed by atoms with van der Waals surface area (Å²) in [7, 11) is 1.74. The van der Waals surface area contributed by atoms with Gasteiger partial charge < -0.3 is 14.8 Å². The van der Waals surface area contributed by atoms with Gasteiger partial charge in [-0.2, -0.15) is 0 Å². The molecule has 120 valence electrons. The summed E-state index contributed by atoms with van der Waals surface area (Å²) in [6.07, 6.45) is 1.98. The zero-order valence-electron chi connectivity index (χ0n) is 14.2. The van der Waals surface area contributed by atoms with E-state index in [2.05, 4.69) is 57.3 Å². The van der Waals surface area contributed by atoms with E-state index in [-0.39, 0.29) is 5.60 Å². The Kier molecular flexibility index (Phi) is 7.94. The van der Waals surface area contributed by atoms with Crippen LogP contribution in [0.2, 0.25) is 0 Å². The highest BCUT2D eigenvalue weighted by Crippen LogP contribution is 2.13. The molecule has 0 amide bonds. The van der Waals surface area contributed by atoms with Crippen LogP contribution in [0.25, 0.3) is 0 Å². The van der Waals surface area contributed by atoms with E-state index in [9.17, 15) is 0 Å². The molecule has 0 fully saturated rings. The Hall–Kier alpha value is -0.900. The first-order chi connectivity index (χ1) is 9.93. The molecular weight excluding hydrogens is 262 g/mol. The first kappa shape index (κ1) is 18.1. The van der Waals surface area contributed by atoms with Crippen molar-refractivity contribution in [3.8, 4) is 0 Å². The van der Waals surface area contributed by atoms with Crippen molar-refractivity contribution in [2.45, 2.75) is 58.8 Å². The van der Waals surface area contributed by atoms with E-state index in [1.807, 2.05) is 0 Å². The zero-order valence-corrected chi connectivity index (χ0v) is 14.2. The van der Waals surface area contributed by atoms with Crippen molar-refractivity contribution in [1.82, 2.24) is 5.32 Å². The summed E-state index contributed by atoms with van der Waals surface area (Å²) in [6.45, 7) is 10.9. The van der Waals surface area contributed by atoms with Gasteiger partial charge in [0.15, 0.2) is 0 Å². The van der Waals surface area contributed by atoms with Gasteiger partial charge in [0.2, 0.25) is 0 Å². The van der Waals surface area contributed by atoms with Crippen LogP contribution in [0.15, 0.2) is 24.3 Å². The maximum absolute atomic E-state index is 5.72. The number of benzene rings is 1. The number of hydrogen-bond acceptors (Lipinski definition) is 3. The van der Waals surface area contributed by atoms with E-state index in [0.29, 0.717) is 12.6 Å². The maximum Gasteiger partial charge on any atom is 0.0716 e. The van der Waals surface area contributed by atoms with Crippen molar-refractivity contribution in [2.24, 2.45) is 0 Å². The summed E-state index contributed by atoms with van der Waals surface area (Å²) < 4.78 is 11.1. The molecular formula is C18H31NO2. The van der Waals surface area contributed by atoms with Crippen molar-refractivity contribution < 1.29 is 9.47 Å². The molecule has 1 N–H and O–H groups in total. The van der Waals surface area contributed by atoms with E-state index in [0.717, 1.165) is 26.0 Å². The molecule has 3 nitrogen and oxygen atoms in total. The molecule has 21 heavy (non-hydrogen) atoms. The number of hydrogen-bond donors (Lipinski definition) is 1. The second-order valence-corrected chi connectivity index (χ2v) is 6.44. The fraction of sp³-hybridized carbons (Fsp3) is 0.667. The smallest absolute Gasteiger partial charge is 0.0716 e. The fourth-order valence-electron chi connectivity index (χ4n) is 1.92. The topological polar surface area (TPSA) is 30.5 Å². The second-order valence-electron chi connectivity index (χ2n) is 6.44. The molecule has 0 spiro atoms. The Morgan fingerprint density at radius 1 is 1.10 bits per heavy atom. The summed E-state index contributed by atoms with van der Waals surface area (Å²) in [5.41, 5.74) is 2.49. The molecule has 0 heterocycles. The molecule has 0 aliphatic carbocycles. The minimum absolute atomic E-state index is 0.104. The lowest BCUT2D eigenvalue weighted by Gasteiger charge is -2.22. The van der Waals surface area contributed by atoms with Gasteiger partial charge in [-0.05, 0) is 44.4 Å². The van der Waals surface area contributed by atoms with E-state index >= 15 is 0 Å². The summed E-state index contributed by atoms with van der Waals surface area (Å²) in [5, 5.41) is 3.43. The van der Waals surface area contributed by atoms with Gasteiger partial charge in [-0.1, -0.05) is 38.1 Å². The molecule has 0 aliphatic heterocycles. The second kappa shape index (κ2) is 9.19. The quantitative estimate of drug-likeness (QED) is 0.669. The fourth-order valence-corrected chi connectivity index (χ4v) is 1.92. The number of methoxy groups -OCH3 is 1. The molecule has 0 bridgehead atoms. The Morgan fingerprint density at radius 3 is 2.29 bits per heavy atom. The normalized spacial score (nSPS) is 12.1. The molecule has 0 atom stereocenters. The van der Waals surface area contributed by atoms with E-state index in [4.69, 9.17) is 9.47 Å². The van der Waals surface area contributed by atoms with Crippen molar-refractivity contribution >= 4 is 0 Å². The minimum Gasteiger partial charge on any atom is -0.379 e. The van der Waals surface area contributed by atoms with Gasteiger partial charge in [0.25, 0.3) is 0 Å². The first-order valence-electron chi connectivity index (χ1n) is 7.87. The van der Waals surface area contributed by atoms with Crippen LogP contribution in [-0.4, -0.2) is 31.9 Å². The zero-order chi connectivity index (χ0) is 15.7. The van der Waals surface area contributed by atoms with Crippen LogP contribution < -0.4 is 5.32 Å². The van der Waals surface area contributed by atoms with Gasteiger partial charge in [-0.15, -0.1) is 0 Å². The summed E-state index contributed by atoms with van der Waals surface area (Å²) in [5.74, 6) is 0. The molecule has 0 saturated heterocycles. The molecule has 0 radical (unpaired) electrons. The third kappa shape index (κ3) is 8.20. The van der Waals surface area contributed by atoms with E-state index in [1.165, 1.54) is 11.1 Å². The van der Waals surface area contributed by atoms with Crippen LogP contribution in [0, 0.1) is 0 Å². The molecule has 1 aromatic carbocycles. The number of nitrogens with one attached hydrogen (secondary N) is 1. The average molecular weight is 293 g/mol. The van der Waals surface area contributed by atoms with Crippen molar-refractivity contribution in [3.05, 3.63) is 35.4 Å². The van der Waals surface area contributed by atoms with Gasteiger partial charge in [0, 0.05) is 19.8 Å². The number of ether oxygens (including phenoxy) is 2. The lowest BCUT2D eigenvalue weighted by Crippen LogP contribution is -2.24. The van der Waals surface area contributed by atoms with E-state index < -0.39 is 0 Å². The largest absolute Gasteiger partial charge is 0.379 e.